The number of carbonyl (C=O) groups excluding carboxylic acids is 2. The fourth-order valence-corrected chi connectivity index (χ4v) is 2.51. The second-order valence-corrected chi connectivity index (χ2v) is 7.24. The molecule has 5 heteroatoms. The zero-order valence-electron chi connectivity index (χ0n) is 15.1. The van der Waals surface area contributed by atoms with Crippen molar-refractivity contribution >= 4 is 17.8 Å². The molecule has 0 aliphatic carbocycles. The van der Waals surface area contributed by atoms with E-state index in [0.717, 1.165) is 0 Å². The fraction of sp³-hybridized carbons (Fsp3) is 0.238. The summed E-state index contributed by atoms with van der Waals surface area (Å²) in [6, 6.07) is 8.93. The van der Waals surface area contributed by atoms with Crippen LogP contribution >= 0.6 is 0 Å². The van der Waals surface area contributed by atoms with E-state index in [1.165, 1.54) is 18.2 Å². The number of hydrogen-bond acceptors (Lipinski definition) is 4. The lowest BCUT2D eigenvalue weighted by Gasteiger charge is -2.16. The highest BCUT2D eigenvalue weighted by atomic mass is 19.1. The van der Waals surface area contributed by atoms with E-state index in [9.17, 15) is 14.0 Å². The van der Waals surface area contributed by atoms with E-state index in [4.69, 9.17) is 9.47 Å². The molecule has 0 atom stereocenters. The average Bonchev–Trinajstić information content (AvgIpc) is 2.85. The van der Waals surface area contributed by atoms with E-state index in [2.05, 4.69) is 0 Å². The van der Waals surface area contributed by atoms with Gasteiger partial charge < -0.3 is 9.47 Å². The lowest BCUT2D eigenvalue weighted by Crippen LogP contribution is -2.25. The van der Waals surface area contributed by atoms with Crippen molar-refractivity contribution in [2.75, 3.05) is 0 Å². The van der Waals surface area contributed by atoms with Crippen molar-refractivity contribution in [1.29, 1.82) is 0 Å². The van der Waals surface area contributed by atoms with Crippen molar-refractivity contribution in [2.45, 2.75) is 27.7 Å². The zero-order valence-corrected chi connectivity index (χ0v) is 15.1. The molecule has 0 radical (unpaired) electrons. The number of benzene rings is 2. The van der Waals surface area contributed by atoms with Gasteiger partial charge >= 0.3 is 5.97 Å². The van der Waals surface area contributed by atoms with Crippen LogP contribution in [-0.2, 0) is 4.79 Å². The highest BCUT2D eigenvalue weighted by Crippen LogP contribution is 2.38. The molecule has 0 aromatic heterocycles. The minimum Gasteiger partial charge on any atom is -0.452 e. The van der Waals surface area contributed by atoms with Gasteiger partial charge in [-0.15, -0.1) is 0 Å². The molecule has 0 unspecified atom stereocenters. The molecule has 2 aromatic carbocycles. The van der Waals surface area contributed by atoms with Crippen LogP contribution in [0.1, 0.15) is 42.3 Å². The Morgan fingerprint density at radius 2 is 1.81 bits per heavy atom. The quantitative estimate of drug-likeness (QED) is 0.446. The van der Waals surface area contributed by atoms with Crippen LogP contribution < -0.4 is 9.47 Å². The van der Waals surface area contributed by atoms with Gasteiger partial charge in [-0.25, -0.2) is 4.39 Å². The molecule has 4 nitrogen and oxygen atoms in total. The Labute approximate surface area is 151 Å². The Hall–Kier alpha value is -2.95. The first-order valence-electron chi connectivity index (χ1n) is 8.22. The first-order chi connectivity index (χ1) is 12.1. The second-order valence-electron chi connectivity index (χ2n) is 7.24. The molecular formula is C21H19FO4. The molecule has 1 aliphatic rings. The van der Waals surface area contributed by atoms with Crippen molar-refractivity contribution < 1.29 is 23.5 Å². The second kappa shape index (κ2) is 6.41. The lowest BCUT2D eigenvalue weighted by molar-refractivity contribution is -0.143. The van der Waals surface area contributed by atoms with Crippen molar-refractivity contribution in [3.05, 3.63) is 64.7 Å². The summed E-state index contributed by atoms with van der Waals surface area (Å²) >= 11 is 0. The van der Waals surface area contributed by atoms with Gasteiger partial charge in [0.2, 0.25) is 5.78 Å². The molecule has 26 heavy (non-hydrogen) atoms. The summed E-state index contributed by atoms with van der Waals surface area (Å²) in [6.07, 6.45) is 1.56. The topological polar surface area (TPSA) is 52.6 Å². The largest absolute Gasteiger partial charge is 0.452 e. The molecule has 134 valence electrons. The van der Waals surface area contributed by atoms with Gasteiger partial charge in [-0.3, -0.25) is 9.59 Å². The number of esters is 1. The van der Waals surface area contributed by atoms with Crippen LogP contribution in [0.15, 0.2) is 42.2 Å². The van der Waals surface area contributed by atoms with Crippen LogP contribution in [0.2, 0.25) is 0 Å². The lowest BCUT2D eigenvalue weighted by atomic mass is 9.97. The highest BCUT2D eigenvalue weighted by molar-refractivity contribution is 6.15. The van der Waals surface area contributed by atoms with Crippen molar-refractivity contribution in [3.63, 3.8) is 0 Å². The number of allylic oxidation sites excluding steroid dienone is 1. The number of aryl methyl sites for hydroxylation is 1. The van der Waals surface area contributed by atoms with E-state index in [-0.39, 0.29) is 23.3 Å². The first kappa shape index (κ1) is 17.9. The minimum atomic E-state index is -0.642. The van der Waals surface area contributed by atoms with Gasteiger partial charge in [0.1, 0.15) is 17.3 Å². The standard InChI is InChI=1S/C21H19FO4/c1-12-9-15(25-20(24)21(2,3)4)11-16-18(12)19(23)17(26-16)10-13-5-7-14(22)8-6-13/h5-11H,1-4H3/b17-10-. The average molecular weight is 354 g/mol. The van der Waals surface area contributed by atoms with E-state index in [1.807, 2.05) is 0 Å². The van der Waals surface area contributed by atoms with Crippen LogP contribution in [0.3, 0.4) is 0 Å². The molecule has 0 spiro atoms. The molecule has 1 heterocycles. The van der Waals surface area contributed by atoms with Crippen molar-refractivity contribution in [2.24, 2.45) is 5.41 Å². The molecule has 2 aromatic rings. The van der Waals surface area contributed by atoms with E-state index in [1.54, 1.807) is 52.0 Å². The zero-order chi connectivity index (χ0) is 19.1. The Kier molecular flexibility index (Phi) is 4.40. The van der Waals surface area contributed by atoms with Gasteiger partial charge in [0.15, 0.2) is 5.76 Å². The predicted octanol–water partition coefficient (Wildman–Crippen LogP) is 4.70. The van der Waals surface area contributed by atoms with Crippen LogP contribution in [-0.4, -0.2) is 11.8 Å². The normalized spacial score (nSPS) is 15.0. The highest BCUT2D eigenvalue weighted by Gasteiger charge is 2.31. The first-order valence-corrected chi connectivity index (χ1v) is 8.22. The molecule has 0 amide bonds. The maximum atomic E-state index is 13.0. The van der Waals surface area contributed by atoms with Gasteiger partial charge in [-0.05, 0) is 63.1 Å². The van der Waals surface area contributed by atoms with Gasteiger partial charge in [0, 0.05) is 6.07 Å². The Bertz CT molecular complexity index is 918. The van der Waals surface area contributed by atoms with E-state index < -0.39 is 5.41 Å². The maximum absolute atomic E-state index is 13.0. The maximum Gasteiger partial charge on any atom is 0.316 e. The molecule has 0 saturated heterocycles. The SMILES string of the molecule is Cc1cc(OC(=O)C(C)(C)C)cc2c1C(=O)/C(=C/c1ccc(F)cc1)O2. The van der Waals surface area contributed by atoms with E-state index in [0.29, 0.717) is 28.2 Å². The summed E-state index contributed by atoms with van der Waals surface area (Å²) in [7, 11) is 0. The van der Waals surface area contributed by atoms with Gasteiger partial charge in [0.25, 0.3) is 0 Å². The van der Waals surface area contributed by atoms with Crippen LogP contribution in [0.4, 0.5) is 4.39 Å². The number of rotatable bonds is 2. The Balaban J connectivity index is 1.91. The van der Waals surface area contributed by atoms with Gasteiger partial charge in [-0.1, -0.05) is 12.1 Å². The monoisotopic (exact) mass is 354 g/mol. The molecule has 3 rings (SSSR count). The minimum absolute atomic E-state index is 0.147. The van der Waals surface area contributed by atoms with Crippen LogP contribution in [0, 0.1) is 18.2 Å². The summed E-state index contributed by atoms with van der Waals surface area (Å²) in [5.74, 6) is -0.153. The molecule has 1 aliphatic heterocycles. The smallest absolute Gasteiger partial charge is 0.316 e. The molecule has 0 fully saturated rings. The summed E-state index contributed by atoms with van der Waals surface area (Å²) in [6.45, 7) is 7.05. The number of hydrogen-bond donors (Lipinski definition) is 0. The number of fused-ring (bicyclic) bond motifs is 1. The third kappa shape index (κ3) is 3.52. The molecule has 0 N–H and O–H groups in total. The van der Waals surface area contributed by atoms with Gasteiger partial charge in [-0.2, -0.15) is 0 Å². The third-order valence-electron chi connectivity index (χ3n) is 3.93. The van der Waals surface area contributed by atoms with E-state index >= 15 is 0 Å². The van der Waals surface area contributed by atoms with Crippen molar-refractivity contribution in [3.8, 4) is 11.5 Å². The molecular weight excluding hydrogens is 335 g/mol. The Morgan fingerprint density at radius 3 is 2.42 bits per heavy atom. The number of carbonyl (C=O) groups is 2. The summed E-state index contributed by atoms with van der Waals surface area (Å²) in [5, 5.41) is 0. The number of ether oxygens (including phenoxy) is 2. The molecule has 0 bridgehead atoms. The van der Waals surface area contributed by atoms with Crippen LogP contribution in [0.25, 0.3) is 6.08 Å². The Morgan fingerprint density at radius 1 is 1.15 bits per heavy atom. The summed E-state index contributed by atoms with van der Waals surface area (Å²) in [5.41, 5.74) is 1.11. The predicted molar refractivity (Wildman–Crippen MR) is 95.6 cm³/mol. The fourth-order valence-electron chi connectivity index (χ4n) is 2.51. The molecule has 0 saturated carbocycles. The number of Topliss-reactive ketones (excluding diaryl/α,β-unsaturated/α-hetero) is 1. The summed E-state index contributed by atoms with van der Waals surface area (Å²) < 4.78 is 24.1. The third-order valence-corrected chi connectivity index (χ3v) is 3.93. The van der Waals surface area contributed by atoms with Crippen molar-refractivity contribution in [1.82, 2.24) is 0 Å². The van der Waals surface area contributed by atoms with Crippen LogP contribution in [0.5, 0.6) is 11.5 Å². The van der Waals surface area contributed by atoms with Gasteiger partial charge in [0.05, 0.1) is 11.0 Å². The summed E-state index contributed by atoms with van der Waals surface area (Å²) in [4.78, 5) is 24.7. The number of halogens is 1. The number of ketones is 1.